The Balaban J connectivity index is 1.10. The molecule has 0 bridgehead atoms. The third kappa shape index (κ3) is 5.61. The van der Waals surface area contributed by atoms with Gasteiger partial charge in [0.05, 0.1) is 0 Å². The summed E-state index contributed by atoms with van der Waals surface area (Å²) in [6.45, 7) is 8.98. The van der Waals surface area contributed by atoms with E-state index in [0.29, 0.717) is 11.8 Å². The maximum Gasteiger partial charge on any atom is 0.0468 e. The fraction of sp³-hybridized carbons (Fsp3) is 0.120. The molecule has 0 radical (unpaired) electrons. The predicted molar refractivity (Wildman–Crippen MR) is 223 cm³/mol. The van der Waals surface area contributed by atoms with Gasteiger partial charge in [-0.25, -0.2) is 0 Å². The number of rotatable bonds is 8. The van der Waals surface area contributed by atoms with Crippen molar-refractivity contribution in [1.29, 1.82) is 0 Å². The molecule has 0 aromatic heterocycles. The summed E-state index contributed by atoms with van der Waals surface area (Å²) in [5.41, 5.74) is 14.9. The molecule has 0 atom stereocenters. The maximum absolute atomic E-state index is 2.39. The highest BCUT2D eigenvalue weighted by molar-refractivity contribution is 6.12. The molecule has 252 valence electrons. The van der Waals surface area contributed by atoms with Crippen LogP contribution in [-0.2, 0) is 0 Å². The largest absolute Gasteiger partial charge is 0.310 e. The van der Waals surface area contributed by atoms with Crippen LogP contribution < -0.4 is 9.80 Å². The Morgan fingerprint density at radius 1 is 0.288 bits per heavy atom. The minimum absolute atomic E-state index is 0.495. The van der Waals surface area contributed by atoms with Crippen molar-refractivity contribution >= 4 is 55.7 Å². The Bertz CT molecular complexity index is 2370. The maximum atomic E-state index is 2.39. The smallest absolute Gasteiger partial charge is 0.0468 e. The first-order chi connectivity index (χ1) is 25.4. The molecule has 2 nitrogen and oxygen atoms in total. The Morgan fingerprint density at radius 3 is 0.942 bits per heavy atom. The van der Waals surface area contributed by atoms with Gasteiger partial charge in [-0.15, -0.1) is 0 Å². The van der Waals surface area contributed by atoms with Crippen molar-refractivity contribution in [1.82, 2.24) is 0 Å². The summed E-state index contributed by atoms with van der Waals surface area (Å²) in [7, 11) is 0. The second-order valence-corrected chi connectivity index (χ2v) is 14.7. The summed E-state index contributed by atoms with van der Waals surface area (Å²) in [6, 6.07) is 62.7. The Labute approximate surface area is 307 Å². The Kier molecular flexibility index (Phi) is 7.89. The van der Waals surface area contributed by atoms with E-state index in [-0.39, 0.29) is 0 Å². The Hall–Kier alpha value is -6.12. The van der Waals surface area contributed by atoms with E-state index in [1.54, 1.807) is 0 Å². The van der Waals surface area contributed by atoms with Crippen molar-refractivity contribution in [2.75, 3.05) is 9.80 Å². The average molecular weight is 671 g/mol. The summed E-state index contributed by atoms with van der Waals surface area (Å²) in [5, 5.41) is 5.01. The molecule has 0 amide bonds. The molecule has 2 heteroatoms. The van der Waals surface area contributed by atoms with E-state index in [4.69, 9.17) is 0 Å². The van der Waals surface area contributed by atoms with Gasteiger partial charge in [-0.1, -0.05) is 100 Å². The van der Waals surface area contributed by atoms with E-state index >= 15 is 0 Å². The minimum Gasteiger partial charge on any atom is -0.310 e. The van der Waals surface area contributed by atoms with Gasteiger partial charge in [0.2, 0.25) is 0 Å². The molecule has 52 heavy (non-hydrogen) atoms. The molecule has 8 aromatic carbocycles. The molecule has 1 aliphatic carbocycles. The van der Waals surface area contributed by atoms with Crippen LogP contribution in [0.1, 0.15) is 50.7 Å². The third-order valence-corrected chi connectivity index (χ3v) is 10.7. The van der Waals surface area contributed by atoms with Crippen molar-refractivity contribution in [2.45, 2.75) is 39.5 Å². The van der Waals surface area contributed by atoms with Crippen molar-refractivity contribution in [2.24, 2.45) is 0 Å². The van der Waals surface area contributed by atoms with E-state index in [1.807, 2.05) is 0 Å². The SMILES string of the molecule is CC(C)c1ccc(N(c2ccccc2)c2ccc3cc4c(cc3c2)-c2cc3cc(N(c5ccccc5)c5ccc(C(C)C)cc5)ccc3cc2-4)cc1. The van der Waals surface area contributed by atoms with Gasteiger partial charge in [0.1, 0.15) is 0 Å². The molecule has 0 unspecified atom stereocenters. The Morgan fingerprint density at radius 2 is 0.596 bits per heavy atom. The van der Waals surface area contributed by atoms with Crippen molar-refractivity contribution in [3.05, 3.63) is 181 Å². The van der Waals surface area contributed by atoms with Gasteiger partial charge in [0.15, 0.2) is 0 Å². The lowest BCUT2D eigenvalue weighted by Gasteiger charge is -2.29. The first-order valence-corrected chi connectivity index (χ1v) is 18.5. The van der Waals surface area contributed by atoms with Crippen molar-refractivity contribution in [3.63, 3.8) is 0 Å². The molecule has 8 aromatic rings. The van der Waals surface area contributed by atoms with Crippen molar-refractivity contribution in [3.8, 4) is 22.3 Å². The summed E-state index contributed by atoms with van der Waals surface area (Å²) in [4.78, 5) is 4.72. The lowest BCUT2D eigenvalue weighted by Crippen LogP contribution is -2.10. The molecule has 9 rings (SSSR count). The fourth-order valence-corrected chi connectivity index (χ4v) is 7.74. The highest BCUT2D eigenvalue weighted by Gasteiger charge is 2.25. The number of anilines is 6. The van der Waals surface area contributed by atoms with Crippen LogP contribution in [0.3, 0.4) is 0 Å². The normalized spacial score (nSPS) is 11.8. The lowest BCUT2D eigenvalue weighted by atomic mass is 9.78. The van der Waals surface area contributed by atoms with Gasteiger partial charge in [-0.05, 0) is 164 Å². The standard InChI is InChI=1S/C50H42N2/c1-33(2)35-15-21-43(22-16-35)51(41-11-7-5-8-12-41)45-25-19-37-29-47-48-30-38-20-26-46(28-40(38)32-50(48)49(47)31-39(37)27-45)52(42-13-9-6-10-14-42)44-23-17-36(18-24-44)34(3)4/h5-34H,1-4H3. The number of benzene rings is 8. The zero-order valence-corrected chi connectivity index (χ0v) is 30.2. The van der Waals surface area contributed by atoms with Crippen LogP contribution in [0.25, 0.3) is 43.8 Å². The molecule has 0 heterocycles. The van der Waals surface area contributed by atoms with Gasteiger partial charge < -0.3 is 9.80 Å². The van der Waals surface area contributed by atoms with Gasteiger partial charge in [-0.2, -0.15) is 0 Å². The second-order valence-electron chi connectivity index (χ2n) is 14.7. The van der Waals surface area contributed by atoms with Crippen LogP contribution in [-0.4, -0.2) is 0 Å². The van der Waals surface area contributed by atoms with Gasteiger partial charge in [0.25, 0.3) is 0 Å². The monoisotopic (exact) mass is 670 g/mol. The minimum atomic E-state index is 0.495. The summed E-state index contributed by atoms with van der Waals surface area (Å²) in [6.07, 6.45) is 0. The van der Waals surface area contributed by atoms with E-state index in [0.717, 1.165) is 34.1 Å². The molecule has 0 N–H and O–H groups in total. The van der Waals surface area contributed by atoms with Gasteiger partial charge in [-0.3, -0.25) is 0 Å². The average Bonchev–Trinajstić information content (AvgIpc) is 3.18. The number of nitrogens with zero attached hydrogens (tertiary/aromatic N) is 2. The number of hydrogen-bond donors (Lipinski definition) is 0. The fourth-order valence-electron chi connectivity index (χ4n) is 7.74. The highest BCUT2D eigenvalue weighted by Crippen LogP contribution is 2.51. The second kappa shape index (κ2) is 12.9. The van der Waals surface area contributed by atoms with Crippen LogP contribution in [0.5, 0.6) is 0 Å². The summed E-state index contributed by atoms with van der Waals surface area (Å²) >= 11 is 0. The zero-order chi connectivity index (χ0) is 35.3. The molecule has 1 aliphatic rings. The highest BCUT2D eigenvalue weighted by atomic mass is 15.1. The molecule has 0 aliphatic heterocycles. The van der Waals surface area contributed by atoms with Gasteiger partial charge >= 0.3 is 0 Å². The molecular formula is C50H42N2. The molecular weight excluding hydrogens is 629 g/mol. The molecule has 0 saturated carbocycles. The van der Waals surface area contributed by atoms with Crippen LogP contribution in [0.2, 0.25) is 0 Å². The van der Waals surface area contributed by atoms with Gasteiger partial charge in [0, 0.05) is 34.1 Å². The number of para-hydroxylation sites is 2. The quantitative estimate of drug-likeness (QED) is 0.159. The van der Waals surface area contributed by atoms with E-state index in [9.17, 15) is 0 Å². The summed E-state index contributed by atoms with van der Waals surface area (Å²) in [5.74, 6) is 0.990. The molecule has 0 saturated heterocycles. The topological polar surface area (TPSA) is 6.48 Å². The molecule has 0 fully saturated rings. The van der Waals surface area contributed by atoms with Crippen LogP contribution in [0.4, 0.5) is 34.1 Å². The van der Waals surface area contributed by atoms with Crippen LogP contribution >= 0.6 is 0 Å². The van der Waals surface area contributed by atoms with E-state index in [2.05, 4.69) is 207 Å². The number of fused-ring (bicyclic) bond motifs is 6. The van der Waals surface area contributed by atoms with E-state index in [1.165, 1.54) is 54.9 Å². The van der Waals surface area contributed by atoms with Crippen LogP contribution in [0, 0.1) is 0 Å². The van der Waals surface area contributed by atoms with Crippen molar-refractivity contribution < 1.29 is 0 Å². The third-order valence-electron chi connectivity index (χ3n) is 10.7. The first-order valence-electron chi connectivity index (χ1n) is 18.5. The predicted octanol–water partition coefficient (Wildman–Crippen LogP) is 14.8. The molecule has 0 spiro atoms. The first kappa shape index (κ1) is 31.8. The zero-order valence-electron chi connectivity index (χ0n) is 30.2. The van der Waals surface area contributed by atoms with E-state index < -0.39 is 0 Å². The summed E-state index contributed by atoms with van der Waals surface area (Å²) < 4.78 is 0. The number of hydrogen-bond acceptors (Lipinski definition) is 2. The lowest BCUT2D eigenvalue weighted by molar-refractivity contribution is 0.866. The van der Waals surface area contributed by atoms with Crippen LogP contribution in [0.15, 0.2) is 170 Å².